The van der Waals surface area contributed by atoms with Crippen molar-refractivity contribution < 1.29 is 14.4 Å². The van der Waals surface area contributed by atoms with Crippen LogP contribution in [-0.4, -0.2) is 26.2 Å². The number of hydrogen-bond acceptors (Lipinski definition) is 6. The molecule has 2 rings (SSSR count). The van der Waals surface area contributed by atoms with E-state index in [0.29, 0.717) is 22.0 Å². The van der Waals surface area contributed by atoms with Crippen molar-refractivity contribution in [3.05, 3.63) is 23.1 Å². The number of carbonyl (C=O) groups excluding carboxylic acids is 1. The highest BCUT2D eigenvalue weighted by atomic mass is 35.5. The number of fused-ring (bicyclic) bond motifs is 1. The van der Waals surface area contributed by atoms with E-state index in [1.807, 2.05) is 0 Å². The van der Waals surface area contributed by atoms with Gasteiger partial charge in [0.25, 0.3) is 0 Å². The van der Waals surface area contributed by atoms with Crippen LogP contribution >= 0.6 is 11.6 Å². The van der Waals surface area contributed by atoms with Gasteiger partial charge in [-0.05, 0) is 26.8 Å². The molecule has 0 amide bonds. The summed E-state index contributed by atoms with van der Waals surface area (Å²) < 4.78 is 6.55. The normalized spacial score (nSPS) is 11.8. The van der Waals surface area contributed by atoms with E-state index in [0.717, 1.165) is 0 Å². The molecule has 0 fully saturated rings. The van der Waals surface area contributed by atoms with Crippen LogP contribution in [0, 0.1) is 0 Å². The molecule has 0 aliphatic rings. The van der Waals surface area contributed by atoms with E-state index in [9.17, 15) is 4.79 Å². The van der Waals surface area contributed by atoms with Crippen LogP contribution in [0.2, 0.25) is 5.02 Å². The summed E-state index contributed by atoms with van der Waals surface area (Å²) in [5.41, 5.74) is 0.173. The summed E-state index contributed by atoms with van der Waals surface area (Å²) in [7, 11) is 0. The Labute approximate surface area is 120 Å². The minimum Gasteiger partial charge on any atom is -0.443 e. The first kappa shape index (κ1) is 14.7. The van der Waals surface area contributed by atoms with E-state index in [2.05, 4.69) is 14.8 Å². The topological polar surface area (TPSA) is 92.3 Å². The maximum atomic E-state index is 12.2. The predicted octanol–water partition coefficient (Wildman–Crippen LogP) is 2.26. The third-order valence-electron chi connectivity index (χ3n) is 2.32. The molecular weight excluding hydrogens is 284 g/mol. The third kappa shape index (κ3) is 3.06. The molecule has 20 heavy (non-hydrogen) atoms. The molecule has 8 heteroatoms. The number of carbonyl (C=O) groups is 1. The molecule has 0 saturated carbocycles. The minimum atomic E-state index is -0.638. The van der Waals surface area contributed by atoms with Crippen LogP contribution in [0.5, 0.6) is 0 Å². The lowest BCUT2D eigenvalue weighted by Crippen LogP contribution is -2.28. The van der Waals surface area contributed by atoms with Crippen molar-refractivity contribution in [3.8, 4) is 0 Å². The minimum absolute atomic E-state index is 0.0484. The summed E-state index contributed by atoms with van der Waals surface area (Å²) in [5, 5.41) is 0.423. The fourth-order valence-corrected chi connectivity index (χ4v) is 1.81. The average Bonchev–Trinajstić information content (AvgIpc) is 2.64. The molecule has 0 bridgehead atoms. The SMILES string of the molecule is CC(C)(C)OC(=O)n1c(CON)nc2cc(Cl)cnc21. The van der Waals surface area contributed by atoms with Gasteiger partial charge in [-0.2, -0.15) is 0 Å². The summed E-state index contributed by atoms with van der Waals surface area (Å²) in [5.74, 6) is 5.35. The van der Waals surface area contributed by atoms with Gasteiger partial charge in [0.15, 0.2) is 5.65 Å². The molecule has 0 saturated heterocycles. The molecular formula is C12H15ClN4O3. The Morgan fingerprint density at radius 1 is 1.50 bits per heavy atom. The zero-order chi connectivity index (χ0) is 14.9. The summed E-state index contributed by atoms with van der Waals surface area (Å²) >= 11 is 5.86. The van der Waals surface area contributed by atoms with E-state index >= 15 is 0 Å². The van der Waals surface area contributed by atoms with Crippen LogP contribution in [0.1, 0.15) is 26.6 Å². The zero-order valence-electron chi connectivity index (χ0n) is 11.4. The summed E-state index contributed by atoms with van der Waals surface area (Å²) in [6, 6.07) is 1.60. The lowest BCUT2D eigenvalue weighted by Gasteiger charge is -2.20. The van der Waals surface area contributed by atoms with Crippen molar-refractivity contribution in [1.82, 2.24) is 14.5 Å². The van der Waals surface area contributed by atoms with Crippen molar-refractivity contribution in [3.63, 3.8) is 0 Å². The first-order valence-electron chi connectivity index (χ1n) is 5.90. The molecule has 0 unspecified atom stereocenters. The molecule has 2 aromatic heterocycles. The van der Waals surface area contributed by atoms with E-state index in [4.69, 9.17) is 22.2 Å². The van der Waals surface area contributed by atoms with Gasteiger partial charge in [0.05, 0.1) is 5.02 Å². The molecule has 0 aliphatic heterocycles. The molecule has 0 spiro atoms. The van der Waals surface area contributed by atoms with Crippen LogP contribution in [0.15, 0.2) is 12.3 Å². The number of hydrogen-bond donors (Lipinski definition) is 1. The van der Waals surface area contributed by atoms with Crippen LogP contribution < -0.4 is 5.90 Å². The van der Waals surface area contributed by atoms with E-state index < -0.39 is 11.7 Å². The lowest BCUT2D eigenvalue weighted by molar-refractivity contribution is 0.0515. The van der Waals surface area contributed by atoms with E-state index in [1.54, 1.807) is 26.8 Å². The van der Waals surface area contributed by atoms with Crippen LogP contribution in [-0.2, 0) is 16.2 Å². The number of imidazole rings is 1. The van der Waals surface area contributed by atoms with Gasteiger partial charge in [0.1, 0.15) is 23.5 Å². The molecule has 2 N–H and O–H groups in total. The van der Waals surface area contributed by atoms with Gasteiger partial charge in [0.2, 0.25) is 0 Å². The first-order valence-corrected chi connectivity index (χ1v) is 6.27. The van der Waals surface area contributed by atoms with Gasteiger partial charge in [-0.25, -0.2) is 25.2 Å². The third-order valence-corrected chi connectivity index (χ3v) is 2.53. The van der Waals surface area contributed by atoms with Gasteiger partial charge in [-0.3, -0.25) is 4.84 Å². The monoisotopic (exact) mass is 298 g/mol. The Morgan fingerprint density at radius 3 is 2.80 bits per heavy atom. The number of ether oxygens (including phenoxy) is 1. The van der Waals surface area contributed by atoms with Gasteiger partial charge in [-0.15, -0.1) is 0 Å². The Balaban J connectivity index is 2.53. The number of nitrogens with zero attached hydrogens (tertiary/aromatic N) is 3. The Hall–Kier alpha value is -1.70. The highest BCUT2D eigenvalue weighted by molar-refractivity contribution is 6.31. The van der Waals surface area contributed by atoms with Gasteiger partial charge in [0, 0.05) is 6.20 Å². The standard InChI is InChI=1S/C12H15ClN4O3/c1-12(2,3)20-11(18)17-9(6-19-14)16-8-4-7(13)5-15-10(8)17/h4-5H,6,14H2,1-3H3. The molecule has 2 heterocycles. The molecule has 0 aliphatic carbocycles. The molecule has 0 atom stereocenters. The number of nitrogens with two attached hydrogens (primary N) is 1. The van der Waals surface area contributed by atoms with Gasteiger partial charge in [-0.1, -0.05) is 11.6 Å². The van der Waals surface area contributed by atoms with E-state index in [-0.39, 0.29) is 6.61 Å². The van der Waals surface area contributed by atoms with Gasteiger partial charge >= 0.3 is 6.09 Å². The number of halogens is 1. The van der Waals surface area contributed by atoms with Crippen LogP contribution in [0.4, 0.5) is 4.79 Å². The molecule has 108 valence electrons. The van der Waals surface area contributed by atoms with Crippen LogP contribution in [0.3, 0.4) is 0 Å². The van der Waals surface area contributed by atoms with E-state index in [1.165, 1.54) is 10.8 Å². The van der Waals surface area contributed by atoms with Crippen molar-refractivity contribution in [2.45, 2.75) is 33.0 Å². The number of aromatic nitrogens is 3. The Morgan fingerprint density at radius 2 is 2.20 bits per heavy atom. The average molecular weight is 299 g/mol. The highest BCUT2D eigenvalue weighted by Crippen LogP contribution is 2.20. The smallest absolute Gasteiger partial charge is 0.421 e. The molecule has 0 radical (unpaired) electrons. The first-order chi connectivity index (χ1) is 9.31. The number of rotatable bonds is 2. The second-order valence-electron chi connectivity index (χ2n) is 5.15. The fourth-order valence-electron chi connectivity index (χ4n) is 1.66. The Kier molecular flexibility index (Phi) is 3.94. The number of pyridine rings is 1. The Bertz CT molecular complexity index is 648. The summed E-state index contributed by atoms with van der Waals surface area (Å²) in [6.45, 7) is 5.27. The van der Waals surface area contributed by atoms with Crippen molar-refractivity contribution >= 4 is 28.9 Å². The fraction of sp³-hybridized carbons (Fsp3) is 0.417. The zero-order valence-corrected chi connectivity index (χ0v) is 12.1. The maximum Gasteiger partial charge on any atom is 0.421 e. The van der Waals surface area contributed by atoms with Crippen molar-refractivity contribution in [1.29, 1.82) is 0 Å². The summed E-state index contributed by atoms with van der Waals surface area (Å²) in [4.78, 5) is 25.1. The largest absolute Gasteiger partial charge is 0.443 e. The quantitative estimate of drug-likeness (QED) is 0.855. The molecule has 2 aromatic rings. The van der Waals surface area contributed by atoms with Crippen molar-refractivity contribution in [2.24, 2.45) is 5.90 Å². The maximum absolute atomic E-state index is 12.2. The van der Waals surface area contributed by atoms with Crippen LogP contribution in [0.25, 0.3) is 11.2 Å². The summed E-state index contributed by atoms with van der Waals surface area (Å²) in [6.07, 6.45) is 0.835. The van der Waals surface area contributed by atoms with Crippen molar-refractivity contribution in [2.75, 3.05) is 0 Å². The second-order valence-corrected chi connectivity index (χ2v) is 5.59. The van der Waals surface area contributed by atoms with Gasteiger partial charge < -0.3 is 4.74 Å². The predicted molar refractivity (Wildman–Crippen MR) is 73.1 cm³/mol. The molecule has 0 aromatic carbocycles. The highest BCUT2D eigenvalue weighted by Gasteiger charge is 2.24. The second kappa shape index (κ2) is 5.35. The molecule has 7 nitrogen and oxygen atoms in total. The lowest BCUT2D eigenvalue weighted by atomic mass is 10.2.